The molecule has 1 heterocycles. The summed E-state index contributed by atoms with van der Waals surface area (Å²) in [6.07, 6.45) is 4.59. The monoisotopic (exact) mass is 211 g/mol. The van der Waals surface area contributed by atoms with Crippen molar-refractivity contribution in [1.82, 2.24) is 5.06 Å². The Morgan fingerprint density at radius 3 is 2.80 bits per heavy atom. The van der Waals surface area contributed by atoms with Crippen molar-refractivity contribution in [2.45, 2.75) is 45.1 Å². The van der Waals surface area contributed by atoms with E-state index in [1.165, 1.54) is 31.2 Å². The highest BCUT2D eigenvalue weighted by atomic mass is 16.7. The number of carbonyl (C=O) groups is 2. The molecule has 1 saturated heterocycles. The van der Waals surface area contributed by atoms with Crippen LogP contribution in [-0.2, 0) is 14.4 Å². The molecule has 1 aliphatic carbocycles. The summed E-state index contributed by atoms with van der Waals surface area (Å²) in [6, 6.07) is 0. The van der Waals surface area contributed by atoms with Gasteiger partial charge in [0.2, 0.25) is 5.91 Å². The Morgan fingerprint density at radius 1 is 1.53 bits per heavy atom. The maximum atomic E-state index is 11.5. The van der Waals surface area contributed by atoms with Gasteiger partial charge in [0.15, 0.2) is 0 Å². The van der Waals surface area contributed by atoms with Gasteiger partial charge in [0.1, 0.15) is 5.78 Å². The summed E-state index contributed by atoms with van der Waals surface area (Å²) in [4.78, 5) is 27.9. The van der Waals surface area contributed by atoms with Crippen LogP contribution in [-0.4, -0.2) is 29.4 Å². The van der Waals surface area contributed by atoms with Gasteiger partial charge >= 0.3 is 0 Å². The van der Waals surface area contributed by atoms with Gasteiger partial charge in [-0.25, -0.2) is 5.06 Å². The molecule has 0 radical (unpaired) electrons. The second-order valence-electron chi connectivity index (χ2n) is 4.49. The summed E-state index contributed by atoms with van der Waals surface area (Å²) in [7, 11) is 0. The van der Waals surface area contributed by atoms with Crippen molar-refractivity contribution in [3.05, 3.63) is 0 Å². The Labute approximate surface area is 89.5 Å². The van der Waals surface area contributed by atoms with Crippen molar-refractivity contribution in [3.8, 4) is 0 Å². The van der Waals surface area contributed by atoms with E-state index in [9.17, 15) is 9.59 Å². The number of hydrogen-bond acceptors (Lipinski definition) is 3. The fraction of sp³-hybridized carbons (Fsp3) is 0.818. The second kappa shape index (κ2) is 4.31. The summed E-state index contributed by atoms with van der Waals surface area (Å²) in [5.74, 6) is 0.697. The molecule has 2 fully saturated rings. The number of nitrogens with zero attached hydrogens (tertiary/aromatic N) is 1. The maximum Gasteiger partial charge on any atom is 0.248 e. The Morgan fingerprint density at radius 2 is 2.27 bits per heavy atom. The first-order valence-corrected chi connectivity index (χ1v) is 5.63. The number of hydrogen-bond donors (Lipinski definition) is 0. The zero-order valence-electron chi connectivity index (χ0n) is 9.07. The van der Waals surface area contributed by atoms with Crippen molar-refractivity contribution in [1.29, 1.82) is 0 Å². The molecular formula is C11H17NO3. The van der Waals surface area contributed by atoms with Crippen LogP contribution in [0.4, 0.5) is 0 Å². The van der Waals surface area contributed by atoms with Crippen LogP contribution < -0.4 is 0 Å². The van der Waals surface area contributed by atoms with Gasteiger partial charge < -0.3 is 0 Å². The van der Waals surface area contributed by atoms with Gasteiger partial charge in [-0.2, -0.15) is 0 Å². The smallest absolute Gasteiger partial charge is 0.248 e. The fourth-order valence-electron chi connectivity index (χ4n) is 2.03. The fourth-order valence-corrected chi connectivity index (χ4v) is 2.03. The van der Waals surface area contributed by atoms with E-state index in [-0.39, 0.29) is 17.8 Å². The minimum Gasteiger partial charge on any atom is -0.300 e. The third-order valence-electron chi connectivity index (χ3n) is 3.26. The summed E-state index contributed by atoms with van der Waals surface area (Å²) in [6.45, 7) is 1.95. The van der Waals surface area contributed by atoms with Crippen LogP contribution in [0.25, 0.3) is 0 Å². The Kier molecular flexibility index (Phi) is 3.05. The molecule has 0 N–H and O–H groups in total. The Balaban J connectivity index is 1.81. The first kappa shape index (κ1) is 10.6. The number of amides is 1. The van der Waals surface area contributed by atoms with Crippen LogP contribution in [0.2, 0.25) is 0 Å². The molecule has 0 aromatic carbocycles. The molecule has 1 amide bonds. The molecule has 0 spiro atoms. The zero-order chi connectivity index (χ0) is 10.8. The van der Waals surface area contributed by atoms with E-state index < -0.39 is 0 Å². The highest BCUT2D eigenvalue weighted by Gasteiger charge is 2.38. The number of Topliss-reactive ketones (excluding diaryl/α,β-unsaturated/α-hetero) is 1. The predicted octanol–water partition coefficient (Wildman–Crippen LogP) is 1.30. The number of carbonyl (C=O) groups excluding carboxylic acids is 2. The van der Waals surface area contributed by atoms with Crippen LogP contribution >= 0.6 is 0 Å². The lowest BCUT2D eigenvalue weighted by Gasteiger charge is -2.29. The molecule has 0 bridgehead atoms. The molecule has 84 valence electrons. The summed E-state index contributed by atoms with van der Waals surface area (Å²) in [5.41, 5.74) is 0. The molecule has 1 unspecified atom stereocenters. The Bertz CT molecular complexity index is 273. The van der Waals surface area contributed by atoms with E-state index >= 15 is 0 Å². The highest BCUT2D eigenvalue weighted by Crippen LogP contribution is 2.35. The van der Waals surface area contributed by atoms with Crippen molar-refractivity contribution in [3.63, 3.8) is 0 Å². The van der Waals surface area contributed by atoms with Crippen molar-refractivity contribution >= 4 is 11.7 Å². The van der Waals surface area contributed by atoms with Gasteiger partial charge in [-0.3, -0.25) is 14.4 Å². The minimum atomic E-state index is 0.0353. The molecule has 0 aromatic rings. The van der Waals surface area contributed by atoms with Gasteiger partial charge in [-0.1, -0.05) is 6.42 Å². The summed E-state index contributed by atoms with van der Waals surface area (Å²) >= 11 is 0. The van der Waals surface area contributed by atoms with E-state index in [2.05, 4.69) is 0 Å². The van der Waals surface area contributed by atoms with Crippen LogP contribution in [0.1, 0.15) is 39.0 Å². The van der Waals surface area contributed by atoms with Crippen LogP contribution in [0.15, 0.2) is 0 Å². The molecule has 15 heavy (non-hydrogen) atoms. The van der Waals surface area contributed by atoms with Gasteiger partial charge in [-0.05, 0) is 25.7 Å². The third kappa shape index (κ3) is 2.37. The number of rotatable bonds is 4. The topological polar surface area (TPSA) is 46.6 Å². The normalized spacial score (nSPS) is 26.9. The highest BCUT2D eigenvalue weighted by molar-refractivity contribution is 5.79. The lowest BCUT2D eigenvalue weighted by Crippen LogP contribution is -2.29. The van der Waals surface area contributed by atoms with Crippen LogP contribution in [0.3, 0.4) is 0 Å². The maximum absolute atomic E-state index is 11.5. The van der Waals surface area contributed by atoms with Crippen LogP contribution in [0, 0.1) is 5.92 Å². The van der Waals surface area contributed by atoms with Crippen molar-refractivity contribution < 1.29 is 14.4 Å². The molecule has 1 aliphatic heterocycles. The molecule has 1 saturated carbocycles. The van der Waals surface area contributed by atoms with E-state index in [0.29, 0.717) is 25.3 Å². The van der Waals surface area contributed by atoms with Gasteiger partial charge in [-0.15, -0.1) is 0 Å². The van der Waals surface area contributed by atoms with Gasteiger partial charge in [0.05, 0.1) is 19.1 Å². The van der Waals surface area contributed by atoms with E-state index in [1.807, 2.05) is 0 Å². The number of ketones is 1. The molecule has 2 rings (SSSR count). The van der Waals surface area contributed by atoms with Crippen LogP contribution in [0.5, 0.6) is 0 Å². The van der Waals surface area contributed by atoms with Gasteiger partial charge in [0.25, 0.3) is 0 Å². The van der Waals surface area contributed by atoms with Crippen molar-refractivity contribution in [2.75, 3.05) is 6.54 Å². The zero-order valence-corrected chi connectivity index (χ0v) is 9.07. The molecule has 4 heteroatoms. The number of hydroxylamine groups is 2. The molecule has 1 atom stereocenters. The standard InChI is InChI=1S/C11H17NO3/c1-8(13)5-6-12-11(14)7-10(15-12)9-3-2-4-9/h9-10H,2-7H2,1H3. The Hall–Kier alpha value is -0.900. The minimum absolute atomic E-state index is 0.0353. The molecular weight excluding hydrogens is 194 g/mol. The second-order valence-corrected chi connectivity index (χ2v) is 4.49. The molecule has 2 aliphatic rings. The lowest BCUT2D eigenvalue weighted by molar-refractivity contribution is -0.183. The predicted molar refractivity (Wildman–Crippen MR) is 53.8 cm³/mol. The SMILES string of the molecule is CC(=O)CCN1OC(C2CCC2)CC1=O. The first-order valence-electron chi connectivity index (χ1n) is 5.63. The van der Waals surface area contributed by atoms with E-state index in [0.717, 1.165) is 0 Å². The summed E-state index contributed by atoms with van der Waals surface area (Å²) in [5, 5.41) is 1.38. The van der Waals surface area contributed by atoms with Gasteiger partial charge in [0, 0.05) is 6.42 Å². The van der Waals surface area contributed by atoms with Crippen molar-refractivity contribution in [2.24, 2.45) is 5.92 Å². The molecule has 0 aromatic heterocycles. The summed E-state index contributed by atoms with van der Waals surface area (Å²) < 4.78 is 0. The average Bonchev–Trinajstić information content (AvgIpc) is 2.40. The average molecular weight is 211 g/mol. The molecule has 4 nitrogen and oxygen atoms in total. The van der Waals surface area contributed by atoms with E-state index in [4.69, 9.17) is 4.84 Å². The lowest BCUT2D eigenvalue weighted by atomic mass is 9.80. The first-order chi connectivity index (χ1) is 7.16. The quantitative estimate of drug-likeness (QED) is 0.704. The largest absolute Gasteiger partial charge is 0.300 e. The third-order valence-corrected chi connectivity index (χ3v) is 3.26. The van der Waals surface area contributed by atoms with E-state index in [1.54, 1.807) is 0 Å².